The van der Waals surface area contributed by atoms with Crippen molar-refractivity contribution in [1.29, 1.82) is 0 Å². The van der Waals surface area contributed by atoms with Crippen LogP contribution in [0, 0.1) is 0 Å². The quantitative estimate of drug-likeness (QED) is 0.505. The summed E-state index contributed by atoms with van der Waals surface area (Å²) in [6.45, 7) is 2.92. The molecule has 2 aliphatic carbocycles. The normalized spacial score (nSPS) is 24.1. The van der Waals surface area contributed by atoms with Gasteiger partial charge >= 0.3 is 0 Å². The Hall–Kier alpha value is -2.90. The van der Waals surface area contributed by atoms with Crippen LogP contribution in [0.4, 0.5) is 0 Å². The predicted octanol–water partition coefficient (Wildman–Crippen LogP) is 5.08. The molecule has 0 bridgehead atoms. The highest BCUT2D eigenvalue weighted by atomic mass is 16.5. The number of fused-ring (bicyclic) bond motifs is 2. The van der Waals surface area contributed by atoms with Gasteiger partial charge in [-0.25, -0.2) is 0 Å². The van der Waals surface area contributed by atoms with Crippen molar-refractivity contribution in [3.63, 3.8) is 0 Å². The minimum atomic E-state index is -0.206. The molecule has 2 atom stereocenters. The second-order valence-corrected chi connectivity index (χ2v) is 10.7. The molecule has 0 radical (unpaired) electrons. The number of aromatic nitrogens is 2. The number of H-pyrrole nitrogens is 1. The van der Waals surface area contributed by atoms with Crippen LogP contribution in [0.3, 0.4) is 0 Å². The third kappa shape index (κ3) is 4.08. The third-order valence-electron chi connectivity index (χ3n) is 8.87. The van der Waals surface area contributed by atoms with Crippen molar-refractivity contribution in [1.82, 2.24) is 20.4 Å². The summed E-state index contributed by atoms with van der Waals surface area (Å²) in [6, 6.07) is 11.8. The molecule has 1 saturated heterocycles. The molecule has 1 aliphatic heterocycles. The number of amides is 1. The van der Waals surface area contributed by atoms with E-state index in [0.717, 1.165) is 38.0 Å². The van der Waals surface area contributed by atoms with Crippen LogP contribution in [-0.4, -0.2) is 47.3 Å². The fourth-order valence-electron chi connectivity index (χ4n) is 7.09. The first-order valence-corrected chi connectivity index (χ1v) is 13.4. The molecule has 1 aromatic carbocycles. The Bertz CT molecular complexity index is 1170. The number of likely N-dealkylation sites (tertiary alicyclic amines) is 1. The maximum absolute atomic E-state index is 12.9. The predicted molar refractivity (Wildman–Crippen MR) is 137 cm³/mol. The summed E-state index contributed by atoms with van der Waals surface area (Å²) in [4.78, 5) is 15.5. The molecule has 1 spiro atoms. The van der Waals surface area contributed by atoms with E-state index in [9.17, 15) is 4.79 Å². The Balaban J connectivity index is 1.20. The van der Waals surface area contributed by atoms with Crippen molar-refractivity contribution >= 4 is 5.91 Å². The fraction of sp³-hybridized carbons (Fsp3) is 0.517. The van der Waals surface area contributed by atoms with Crippen LogP contribution in [0.25, 0.3) is 0 Å². The summed E-state index contributed by atoms with van der Waals surface area (Å²) in [7, 11) is 1.78. The number of hydrogen-bond donors (Lipinski definition) is 2. The fourth-order valence-corrected chi connectivity index (χ4v) is 7.09. The van der Waals surface area contributed by atoms with Crippen LogP contribution >= 0.6 is 0 Å². The van der Waals surface area contributed by atoms with E-state index < -0.39 is 0 Å². The summed E-state index contributed by atoms with van der Waals surface area (Å²) in [5, 5.41) is 11.0. The number of carbonyl (C=O) groups is 1. The van der Waals surface area contributed by atoms with Gasteiger partial charge in [0.1, 0.15) is 0 Å². The second kappa shape index (κ2) is 9.87. The van der Waals surface area contributed by atoms with E-state index in [1.165, 1.54) is 55.2 Å². The van der Waals surface area contributed by atoms with Crippen molar-refractivity contribution in [2.45, 2.75) is 75.0 Å². The van der Waals surface area contributed by atoms with Crippen molar-refractivity contribution < 1.29 is 13.9 Å². The number of furan rings is 1. The first-order valence-electron chi connectivity index (χ1n) is 13.4. The summed E-state index contributed by atoms with van der Waals surface area (Å²) in [5.41, 5.74) is 5.07. The van der Waals surface area contributed by atoms with Crippen molar-refractivity contribution in [3.8, 4) is 0 Å². The Kier molecular flexibility index (Phi) is 6.44. The number of piperidine rings is 1. The Morgan fingerprint density at radius 3 is 2.72 bits per heavy atom. The number of ether oxygens (including phenoxy) is 1. The van der Waals surface area contributed by atoms with Gasteiger partial charge in [0.25, 0.3) is 5.91 Å². The molecular weight excluding hydrogens is 452 g/mol. The molecule has 7 heteroatoms. The largest absolute Gasteiger partial charge is 0.459 e. The van der Waals surface area contributed by atoms with E-state index in [2.05, 4.69) is 44.7 Å². The monoisotopic (exact) mass is 488 g/mol. The van der Waals surface area contributed by atoms with Gasteiger partial charge in [-0.1, -0.05) is 43.5 Å². The zero-order valence-corrected chi connectivity index (χ0v) is 21.0. The van der Waals surface area contributed by atoms with Crippen LogP contribution in [-0.2, 0) is 16.7 Å². The molecule has 1 amide bonds. The van der Waals surface area contributed by atoms with E-state index in [1.54, 1.807) is 19.2 Å². The van der Waals surface area contributed by atoms with E-state index in [0.29, 0.717) is 11.7 Å². The van der Waals surface area contributed by atoms with Crippen LogP contribution < -0.4 is 5.32 Å². The molecule has 190 valence electrons. The molecule has 0 unspecified atom stereocenters. The maximum atomic E-state index is 12.9. The minimum Gasteiger partial charge on any atom is -0.459 e. The summed E-state index contributed by atoms with van der Waals surface area (Å²) in [5.74, 6) is 0.754. The summed E-state index contributed by atoms with van der Waals surface area (Å²) in [6.07, 6.45) is 12.0. The van der Waals surface area contributed by atoms with Gasteiger partial charge in [0.15, 0.2) is 5.76 Å². The standard InChI is InChI=1S/C29H36N4O3/c1-35-27-26(31-28(34)24-12-7-17-36-24)22-10-5-6-11-23(22)29(27)13-15-33(16-14-29)19-21-18-30-32-25(21)20-8-3-2-4-9-20/h5-7,10-12,17-18,20,26-27H,2-4,8-9,13-16,19H2,1H3,(H,30,32)(H,31,34)/t26-,27+/m1/s1. The maximum Gasteiger partial charge on any atom is 0.287 e. The zero-order valence-electron chi connectivity index (χ0n) is 21.0. The molecule has 6 rings (SSSR count). The summed E-state index contributed by atoms with van der Waals surface area (Å²) >= 11 is 0. The smallest absolute Gasteiger partial charge is 0.287 e. The lowest BCUT2D eigenvalue weighted by atomic mass is 9.71. The number of aromatic amines is 1. The molecule has 36 heavy (non-hydrogen) atoms. The first kappa shape index (κ1) is 23.5. The van der Waals surface area contributed by atoms with Crippen LogP contribution in [0.5, 0.6) is 0 Å². The van der Waals surface area contributed by atoms with Crippen molar-refractivity contribution in [3.05, 3.63) is 77.0 Å². The number of nitrogens with one attached hydrogen (secondary N) is 2. The van der Waals surface area contributed by atoms with Crippen LogP contribution in [0.1, 0.15) is 89.8 Å². The Morgan fingerprint density at radius 1 is 1.17 bits per heavy atom. The van der Waals surface area contributed by atoms with Gasteiger partial charge < -0.3 is 14.5 Å². The van der Waals surface area contributed by atoms with Gasteiger partial charge in [0, 0.05) is 36.2 Å². The number of methoxy groups -OCH3 is 1. The van der Waals surface area contributed by atoms with Gasteiger partial charge in [-0.05, 0) is 62.0 Å². The molecule has 3 aromatic rings. The molecule has 1 saturated carbocycles. The topological polar surface area (TPSA) is 83.4 Å². The lowest BCUT2D eigenvalue weighted by Crippen LogP contribution is -2.50. The van der Waals surface area contributed by atoms with Gasteiger partial charge in [-0.15, -0.1) is 0 Å². The highest BCUT2D eigenvalue weighted by molar-refractivity contribution is 5.91. The SMILES string of the molecule is CO[C@H]1[C@H](NC(=O)c2ccco2)c2ccccc2C12CCN(Cc1cn[nH]c1C1CCCCC1)CC2. The molecular formula is C29H36N4O3. The van der Waals surface area contributed by atoms with E-state index >= 15 is 0 Å². The lowest BCUT2D eigenvalue weighted by molar-refractivity contribution is -0.0124. The van der Waals surface area contributed by atoms with E-state index in [4.69, 9.17) is 9.15 Å². The number of hydrogen-bond acceptors (Lipinski definition) is 5. The Morgan fingerprint density at radius 2 is 1.97 bits per heavy atom. The molecule has 3 aliphatic rings. The van der Waals surface area contributed by atoms with Crippen LogP contribution in [0.15, 0.2) is 53.3 Å². The average molecular weight is 489 g/mol. The molecule has 7 nitrogen and oxygen atoms in total. The highest BCUT2D eigenvalue weighted by Crippen LogP contribution is 2.52. The van der Waals surface area contributed by atoms with E-state index in [-0.39, 0.29) is 23.5 Å². The number of carbonyl (C=O) groups excluding carboxylic acids is 1. The number of nitrogens with zero attached hydrogens (tertiary/aromatic N) is 2. The van der Waals surface area contributed by atoms with Gasteiger partial charge in [-0.3, -0.25) is 14.8 Å². The van der Waals surface area contributed by atoms with Gasteiger partial charge in [0.2, 0.25) is 0 Å². The van der Waals surface area contributed by atoms with Crippen molar-refractivity contribution in [2.24, 2.45) is 0 Å². The molecule has 2 N–H and O–H groups in total. The average Bonchev–Trinajstić information content (AvgIpc) is 3.67. The molecule has 3 heterocycles. The lowest BCUT2D eigenvalue weighted by Gasteiger charge is -2.44. The molecule has 2 aromatic heterocycles. The van der Waals surface area contributed by atoms with Crippen LogP contribution in [0.2, 0.25) is 0 Å². The second-order valence-electron chi connectivity index (χ2n) is 10.7. The molecule has 2 fully saturated rings. The van der Waals surface area contributed by atoms with Crippen molar-refractivity contribution in [2.75, 3.05) is 20.2 Å². The van der Waals surface area contributed by atoms with E-state index in [1.807, 2.05) is 6.20 Å². The number of benzene rings is 1. The Labute approximate surface area is 212 Å². The summed E-state index contributed by atoms with van der Waals surface area (Å²) < 4.78 is 11.5. The minimum absolute atomic E-state index is 0.119. The number of rotatable bonds is 6. The highest BCUT2D eigenvalue weighted by Gasteiger charge is 2.54. The zero-order chi connectivity index (χ0) is 24.5. The third-order valence-corrected chi connectivity index (χ3v) is 8.87. The van der Waals surface area contributed by atoms with Gasteiger partial charge in [0.05, 0.1) is 24.6 Å². The first-order chi connectivity index (χ1) is 17.7. The van der Waals surface area contributed by atoms with Gasteiger partial charge in [-0.2, -0.15) is 5.10 Å².